The van der Waals surface area contributed by atoms with Gasteiger partial charge in [-0.3, -0.25) is 0 Å². The molecule has 0 bridgehead atoms. The lowest BCUT2D eigenvalue weighted by atomic mass is 10.2. The minimum Gasteiger partial charge on any atom is -0.479 e. The van der Waals surface area contributed by atoms with E-state index in [1.807, 2.05) is 6.92 Å². The molecular formula is C10H20N2O5. The second-order valence-corrected chi connectivity index (χ2v) is 3.71. The zero-order valence-electron chi connectivity index (χ0n) is 10.4. The zero-order chi connectivity index (χ0) is 13.3. The van der Waals surface area contributed by atoms with Crippen molar-refractivity contribution >= 4 is 12.0 Å². The molecule has 0 aliphatic heterocycles. The molecule has 0 spiro atoms. The molecule has 0 radical (unpaired) electrons. The van der Waals surface area contributed by atoms with Crippen molar-refractivity contribution in [3.05, 3.63) is 0 Å². The van der Waals surface area contributed by atoms with Crippen LogP contribution in [0.4, 0.5) is 4.79 Å². The number of carboxylic acids is 1. The third-order valence-electron chi connectivity index (χ3n) is 2.07. The van der Waals surface area contributed by atoms with E-state index in [1.165, 1.54) is 7.11 Å². The Hall–Kier alpha value is -1.34. The Bertz CT molecular complexity index is 247. The van der Waals surface area contributed by atoms with Crippen molar-refractivity contribution in [3.8, 4) is 0 Å². The van der Waals surface area contributed by atoms with Crippen LogP contribution >= 0.6 is 0 Å². The molecule has 0 aliphatic rings. The fourth-order valence-electron chi connectivity index (χ4n) is 1.13. The molecule has 0 aliphatic carbocycles. The lowest BCUT2D eigenvalue weighted by Gasteiger charge is -2.14. The summed E-state index contributed by atoms with van der Waals surface area (Å²) in [5.74, 6) is -0.913. The number of aliphatic carboxylic acids is 1. The van der Waals surface area contributed by atoms with Crippen LogP contribution in [0.2, 0.25) is 0 Å². The molecule has 3 N–H and O–H groups in total. The summed E-state index contributed by atoms with van der Waals surface area (Å²) in [6.45, 7) is 2.87. The van der Waals surface area contributed by atoms with Crippen LogP contribution in [0.3, 0.4) is 0 Å². The molecule has 7 nitrogen and oxygen atoms in total. The first kappa shape index (κ1) is 15.7. The average Bonchev–Trinajstić information content (AvgIpc) is 2.27. The van der Waals surface area contributed by atoms with Gasteiger partial charge in [0, 0.05) is 20.8 Å². The summed E-state index contributed by atoms with van der Waals surface area (Å²) in [6, 6.07) is -0.420. The summed E-state index contributed by atoms with van der Waals surface area (Å²) in [5.41, 5.74) is 0. The summed E-state index contributed by atoms with van der Waals surface area (Å²) in [6.07, 6.45) is -1.03. The van der Waals surface area contributed by atoms with E-state index in [-0.39, 0.29) is 12.5 Å². The second-order valence-electron chi connectivity index (χ2n) is 3.71. The maximum atomic E-state index is 11.3. The number of hydrogen-bond donors (Lipinski definition) is 3. The number of carboxylic acid groups (broad SMARTS) is 1. The summed E-state index contributed by atoms with van der Waals surface area (Å²) in [4.78, 5) is 21.9. The van der Waals surface area contributed by atoms with Gasteiger partial charge in [-0.2, -0.15) is 0 Å². The Kier molecular flexibility index (Phi) is 8.08. The predicted octanol–water partition coefficient (Wildman–Crippen LogP) is -0.332. The van der Waals surface area contributed by atoms with Crippen molar-refractivity contribution < 1.29 is 24.2 Å². The van der Waals surface area contributed by atoms with Gasteiger partial charge in [-0.1, -0.05) is 6.92 Å². The Labute approximate surface area is 100 Å². The Morgan fingerprint density at radius 2 is 1.82 bits per heavy atom. The number of carbonyl (C=O) groups excluding carboxylic acids is 1. The van der Waals surface area contributed by atoms with E-state index in [1.54, 1.807) is 7.11 Å². The van der Waals surface area contributed by atoms with Crippen LogP contribution in [0, 0.1) is 5.92 Å². The molecule has 0 fully saturated rings. The van der Waals surface area contributed by atoms with E-state index in [9.17, 15) is 9.59 Å². The molecular weight excluding hydrogens is 228 g/mol. The van der Waals surface area contributed by atoms with Gasteiger partial charge in [0.05, 0.1) is 13.2 Å². The molecule has 0 heterocycles. The van der Waals surface area contributed by atoms with Gasteiger partial charge in [0.1, 0.15) is 0 Å². The molecule has 0 saturated heterocycles. The zero-order valence-corrected chi connectivity index (χ0v) is 10.4. The number of rotatable bonds is 8. The van der Waals surface area contributed by atoms with Crippen molar-refractivity contribution in [2.75, 3.05) is 33.9 Å². The van der Waals surface area contributed by atoms with E-state index in [0.717, 1.165) is 0 Å². The predicted molar refractivity (Wildman–Crippen MR) is 60.9 cm³/mol. The van der Waals surface area contributed by atoms with E-state index < -0.39 is 18.1 Å². The van der Waals surface area contributed by atoms with Crippen LogP contribution in [0.25, 0.3) is 0 Å². The number of nitrogens with one attached hydrogen (secondary N) is 2. The maximum absolute atomic E-state index is 11.3. The molecule has 100 valence electrons. The van der Waals surface area contributed by atoms with Gasteiger partial charge in [-0.05, 0) is 5.92 Å². The number of urea groups is 1. The third-order valence-corrected chi connectivity index (χ3v) is 2.07. The molecule has 2 amide bonds. The summed E-state index contributed by atoms with van der Waals surface area (Å²) in [5, 5.41) is 13.7. The molecule has 17 heavy (non-hydrogen) atoms. The monoisotopic (exact) mass is 248 g/mol. The van der Waals surface area contributed by atoms with E-state index >= 15 is 0 Å². The van der Waals surface area contributed by atoms with Crippen LogP contribution in [-0.4, -0.2) is 57.1 Å². The van der Waals surface area contributed by atoms with Gasteiger partial charge in [-0.15, -0.1) is 0 Å². The number of amides is 2. The van der Waals surface area contributed by atoms with Crippen LogP contribution < -0.4 is 10.6 Å². The van der Waals surface area contributed by atoms with Crippen LogP contribution in [0.15, 0.2) is 0 Å². The van der Waals surface area contributed by atoms with Crippen LogP contribution in [-0.2, 0) is 14.3 Å². The summed E-state index contributed by atoms with van der Waals surface area (Å²) < 4.78 is 9.58. The molecule has 0 aromatic heterocycles. The minimum atomic E-state index is -1.11. The van der Waals surface area contributed by atoms with Crippen molar-refractivity contribution in [2.45, 2.75) is 13.0 Å². The normalized spacial score (nSPS) is 13.8. The van der Waals surface area contributed by atoms with E-state index in [2.05, 4.69) is 15.4 Å². The fraction of sp³-hybridized carbons (Fsp3) is 0.800. The Morgan fingerprint density at radius 3 is 2.29 bits per heavy atom. The first-order valence-corrected chi connectivity index (χ1v) is 5.27. The van der Waals surface area contributed by atoms with Crippen molar-refractivity contribution in [1.82, 2.24) is 10.6 Å². The summed E-state index contributed by atoms with van der Waals surface area (Å²) in [7, 11) is 2.87. The average molecular weight is 248 g/mol. The van der Waals surface area contributed by atoms with Crippen molar-refractivity contribution in [1.29, 1.82) is 0 Å². The van der Waals surface area contributed by atoms with Gasteiger partial charge in [0.2, 0.25) is 0 Å². The minimum absolute atomic E-state index is 0.0731. The van der Waals surface area contributed by atoms with E-state index in [4.69, 9.17) is 9.84 Å². The SMILES string of the molecule is COCC(C)CNC(=O)NCC(OC)C(=O)O. The largest absolute Gasteiger partial charge is 0.479 e. The van der Waals surface area contributed by atoms with Crippen LogP contribution in [0.5, 0.6) is 0 Å². The van der Waals surface area contributed by atoms with Crippen LogP contribution in [0.1, 0.15) is 6.92 Å². The van der Waals surface area contributed by atoms with Gasteiger partial charge in [-0.25, -0.2) is 9.59 Å². The lowest BCUT2D eigenvalue weighted by molar-refractivity contribution is -0.147. The molecule has 7 heteroatoms. The number of hydrogen-bond acceptors (Lipinski definition) is 4. The highest BCUT2D eigenvalue weighted by atomic mass is 16.5. The topological polar surface area (TPSA) is 96.9 Å². The first-order valence-electron chi connectivity index (χ1n) is 5.27. The highest BCUT2D eigenvalue weighted by Crippen LogP contribution is 1.92. The van der Waals surface area contributed by atoms with Gasteiger partial charge < -0.3 is 25.2 Å². The van der Waals surface area contributed by atoms with Gasteiger partial charge >= 0.3 is 12.0 Å². The maximum Gasteiger partial charge on any atom is 0.334 e. The quantitative estimate of drug-likeness (QED) is 0.546. The molecule has 0 aromatic rings. The summed E-state index contributed by atoms with van der Waals surface area (Å²) >= 11 is 0. The molecule has 0 aromatic carbocycles. The molecule has 2 unspecified atom stereocenters. The van der Waals surface area contributed by atoms with Crippen molar-refractivity contribution in [2.24, 2.45) is 5.92 Å². The fourth-order valence-corrected chi connectivity index (χ4v) is 1.13. The number of methoxy groups -OCH3 is 2. The number of carbonyl (C=O) groups is 2. The highest BCUT2D eigenvalue weighted by molar-refractivity contribution is 5.76. The molecule has 0 saturated carbocycles. The molecule has 2 atom stereocenters. The molecule has 0 rings (SSSR count). The van der Waals surface area contributed by atoms with Gasteiger partial charge in [0.15, 0.2) is 6.10 Å². The third kappa shape index (κ3) is 7.53. The van der Waals surface area contributed by atoms with Crippen molar-refractivity contribution in [3.63, 3.8) is 0 Å². The first-order chi connectivity index (χ1) is 8.01. The second kappa shape index (κ2) is 8.77. The Morgan fingerprint density at radius 1 is 1.24 bits per heavy atom. The highest BCUT2D eigenvalue weighted by Gasteiger charge is 2.17. The smallest absolute Gasteiger partial charge is 0.334 e. The van der Waals surface area contributed by atoms with E-state index in [0.29, 0.717) is 13.2 Å². The number of ether oxygens (including phenoxy) is 2. The standard InChI is InChI=1S/C10H20N2O5/c1-7(6-16-2)4-11-10(15)12-5-8(17-3)9(13)14/h7-8H,4-6H2,1-3H3,(H,13,14)(H2,11,12,15). The Balaban J connectivity index is 3.75. The van der Waals surface area contributed by atoms with Gasteiger partial charge in [0.25, 0.3) is 0 Å². The lowest BCUT2D eigenvalue weighted by Crippen LogP contribution is -2.44.